The molecule has 0 radical (unpaired) electrons. The van der Waals surface area contributed by atoms with Gasteiger partial charge in [-0.05, 0) is 48.6 Å². The Bertz CT molecular complexity index is 1300. The fourth-order valence-corrected chi connectivity index (χ4v) is 5.20. The molecule has 2 N–H and O–H groups in total. The Hall–Kier alpha value is -2.64. The number of sulfone groups is 1. The summed E-state index contributed by atoms with van der Waals surface area (Å²) in [5.74, 6) is -5.79. The molecule has 6 nitrogen and oxygen atoms in total. The van der Waals surface area contributed by atoms with Crippen LogP contribution in [0.1, 0.15) is 48.2 Å². The first-order valence-corrected chi connectivity index (χ1v) is 13.2. The number of halogens is 6. The van der Waals surface area contributed by atoms with E-state index in [4.69, 9.17) is 0 Å². The molecular formula is C24H24F6N2O4S. The van der Waals surface area contributed by atoms with Gasteiger partial charge in [-0.15, -0.1) is 0 Å². The Labute approximate surface area is 209 Å². The highest BCUT2D eigenvalue weighted by atomic mass is 32.2. The number of carbonyl (C=O) groups is 1. The summed E-state index contributed by atoms with van der Waals surface area (Å²) in [6, 6.07) is 4.38. The first-order valence-electron chi connectivity index (χ1n) is 11.4. The van der Waals surface area contributed by atoms with Crippen molar-refractivity contribution in [1.29, 1.82) is 0 Å². The fourth-order valence-electron chi connectivity index (χ4n) is 4.52. The second-order valence-corrected chi connectivity index (χ2v) is 11.5. The van der Waals surface area contributed by atoms with Crippen LogP contribution in [-0.4, -0.2) is 49.1 Å². The maximum Gasteiger partial charge on any atom is 0.416 e. The largest absolute Gasteiger partial charge is 0.416 e. The van der Waals surface area contributed by atoms with Crippen LogP contribution >= 0.6 is 0 Å². The summed E-state index contributed by atoms with van der Waals surface area (Å²) in [5.41, 5.74) is -1.41. The molecule has 4 rings (SSSR count). The van der Waals surface area contributed by atoms with E-state index in [0.717, 1.165) is 23.3 Å². The SMILES string of the molecule is CS(=O)(=O)c1cccc(C(O)N2CC(F)(F)C[C@@H]2C(=O)N[C@@H](c2ccc(C(F)(F)F)cc2F)C2CC2)c1. The molecule has 13 heteroatoms. The van der Waals surface area contributed by atoms with E-state index < -0.39 is 70.5 Å². The van der Waals surface area contributed by atoms with Crippen LogP contribution < -0.4 is 5.32 Å². The summed E-state index contributed by atoms with van der Waals surface area (Å²) in [6.45, 7) is -1.00. The van der Waals surface area contributed by atoms with Crippen molar-refractivity contribution in [3.8, 4) is 0 Å². The Morgan fingerprint density at radius 2 is 1.84 bits per heavy atom. The van der Waals surface area contributed by atoms with Gasteiger partial charge in [0.05, 0.1) is 29.1 Å². The second kappa shape index (κ2) is 9.59. The number of hydrogen-bond acceptors (Lipinski definition) is 5. The van der Waals surface area contributed by atoms with E-state index in [0.29, 0.717) is 25.0 Å². The molecule has 0 spiro atoms. The van der Waals surface area contributed by atoms with Gasteiger partial charge in [-0.1, -0.05) is 18.2 Å². The first kappa shape index (κ1) is 27.4. The van der Waals surface area contributed by atoms with Gasteiger partial charge >= 0.3 is 6.18 Å². The summed E-state index contributed by atoms with van der Waals surface area (Å²) in [5, 5.41) is 13.3. The minimum atomic E-state index is -4.77. The minimum Gasteiger partial charge on any atom is -0.374 e. The van der Waals surface area contributed by atoms with Crippen molar-refractivity contribution in [2.24, 2.45) is 5.92 Å². The normalized spacial score (nSPS) is 22.0. The van der Waals surface area contributed by atoms with Gasteiger partial charge in [-0.25, -0.2) is 21.6 Å². The van der Waals surface area contributed by atoms with Crippen molar-refractivity contribution < 1.29 is 44.7 Å². The third kappa shape index (κ3) is 6.10. The van der Waals surface area contributed by atoms with Gasteiger partial charge in [-0.2, -0.15) is 13.2 Å². The molecule has 2 aromatic rings. The molecule has 1 aliphatic carbocycles. The zero-order valence-electron chi connectivity index (χ0n) is 19.5. The number of carbonyl (C=O) groups excluding carboxylic acids is 1. The predicted octanol–water partition coefficient (Wildman–Crippen LogP) is 4.22. The van der Waals surface area contributed by atoms with Crippen LogP contribution in [-0.2, 0) is 20.8 Å². The van der Waals surface area contributed by atoms with Crippen LogP contribution in [0.5, 0.6) is 0 Å². The van der Waals surface area contributed by atoms with E-state index >= 15 is 0 Å². The number of aliphatic hydroxyl groups is 1. The number of benzene rings is 2. The molecule has 0 aromatic heterocycles. The summed E-state index contributed by atoms with van der Waals surface area (Å²) in [6.07, 6.45) is -5.44. The minimum absolute atomic E-state index is 0.0223. The lowest BCUT2D eigenvalue weighted by atomic mass is 9.99. The van der Waals surface area contributed by atoms with Crippen molar-refractivity contribution in [3.63, 3.8) is 0 Å². The van der Waals surface area contributed by atoms with Gasteiger partial charge < -0.3 is 10.4 Å². The van der Waals surface area contributed by atoms with Crippen molar-refractivity contribution in [2.75, 3.05) is 12.8 Å². The third-order valence-electron chi connectivity index (χ3n) is 6.56. The van der Waals surface area contributed by atoms with Crippen LogP contribution in [0.15, 0.2) is 47.4 Å². The van der Waals surface area contributed by atoms with Gasteiger partial charge in [0.25, 0.3) is 5.92 Å². The smallest absolute Gasteiger partial charge is 0.374 e. The average Bonchev–Trinajstić information content (AvgIpc) is 3.58. The summed E-state index contributed by atoms with van der Waals surface area (Å²) >= 11 is 0. The molecule has 37 heavy (non-hydrogen) atoms. The number of amides is 1. The number of likely N-dealkylation sites (tertiary alicyclic amines) is 1. The molecule has 0 bridgehead atoms. The van der Waals surface area contributed by atoms with Gasteiger partial charge in [0.15, 0.2) is 9.84 Å². The van der Waals surface area contributed by atoms with E-state index in [1.54, 1.807) is 0 Å². The van der Waals surface area contributed by atoms with E-state index in [-0.39, 0.29) is 21.9 Å². The second-order valence-electron chi connectivity index (χ2n) is 9.52. The van der Waals surface area contributed by atoms with Crippen molar-refractivity contribution >= 4 is 15.7 Å². The number of aliphatic hydroxyl groups excluding tert-OH is 1. The Balaban J connectivity index is 1.59. The number of alkyl halides is 5. The lowest BCUT2D eigenvalue weighted by molar-refractivity contribution is -0.137. The topological polar surface area (TPSA) is 86.7 Å². The van der Waals surface area contributed by atoms with Crippen molar-refractivity contribution in [2.45, 2.75) is 54.6 Å². The molecule has 202 valence electrons. The Morgan fingerprint density at radius 1 is 1.16 bits per heavy atom. The lowest BCUT2D eigenvalue weighted by Gasteiger charge is -2.30. The molecular weight excluding hydrogens is 526 g/mol. The average molecular weight is 551 g/mol. The lowest BCUT2D eigenvalue weighted by Crippen LogP contribution is -2.46. The summed E-state index contributed by atoms with van der Waals surface area (Å²) < 4.78 is 106. The van der Waals surface area contributed by atoms with Crippen LogP contribution in [0, 0.1) is 11.7 Å². The van der Waals surface area contributed by atoms with Crippen LogP contribution in [0.2, 0.25) is 0 Å². The number of nitrogens with zero attached hydrogens (tertiary/aromatic N) is 1. The number of hydrogen-bond donors (Lipinski definition) is 2. The molecule has 1 unspecified atom stereocenters. The fraction of sp³-hybridized carbons (Fsp3) is 0.458. The van der Waals surface area contributed by atoms with E-state index in [1.807, 2.05) is 0 Å². The molecule has 2 aliphatic rings. The molecule has 1 amide bonds. The molecule has 1 aliphatic heterocycles. The molecule has 1 heterocycles. The van der Waals surface area contributed by atoms with E-state index in [1.165, 1.54) is 18.2 Å². The molecule has 3 atom stereocenters. The molecule has 2 fully saturated rings. The highest BCUT2D eigenvalue weighted by molar-refractivity contribution is 7.90. The number of nitrogens with one attached hydrogen (secondary N) is 1. The highest BCUT2D eigenvalue weighted by Gasteiger charge is 2.51. The van der Waals surface area contributed by atoms with Crippen LogP contribution in [0.25, 0.3) is 0 Å². The predicted molar refractivity (Wildman–Crippen MR) is 120 cm³/mol. The maximum atomic E-state index is 14.7. The number of rotatable bonds is 7. The first-order chi connectivity index (χ1) is 17.1. The zero-order valence-corrected chi connectivity index (χ0v) is 20.3. The van der Waals surface area contributed by atoms with Gasteiger partial charge in [0, 0.05) is 18.2 Å². The molecule has 1 saturated carbocycles. The quantitative estimate of drug-likeness (QED) is 0.505. The Morgan fingerprint density at radius 3 is 2.41 bits per heavy atom. The van der Waals surface area contributed by atoms with Crippen molar-refractivity contribution in [1.82, 2.24) is 10.2 Å². The third-order valence-corrected chi connectivity index (χ3v) is 7.67. The standard InChI is InChI=1S/C24H24F6N2O4S/c1-37(35,36)16-4-2-3-14(9-16)22(34)32-12-23(26,27)11-19(32)21(33)31-20(13-5-6-13)17-8-7-15(10-18(17)25)24(28,29)30/h2-4,7-10,13,19-20,22,34H,5-6,11-12H2,1H3,(H,31,33)/t19-,20-,22?/m1/s1. The monoisotopic (exact) mass is 550 g/mol. The summed E-state index contributed by atoms with van der Waals surface area (Å²) in [7, 11) is -3.66. The highest BCUT2D eigenvalue weighted by Crippen LogP contribution is 2.44. The van der Waals surface area contributed by atoms with Crippen LogP contribution in [0.3, 0.4) is 0 Å². The van der Waals surface area contributed by atoms with E-state index in [2.05, 4.69) is 5.32 Å². The van der Waals surface area contributed by atoms with Gasteiger partial charge in [-0.3, -0.25) is 9.69 Å². The zero-order chi connectivity index (χ0) is 27.3. The molecule has 1 saturated heterocycles. The maximum absolute atomic E-state index is 14.7. The summed E-state index contributed by atoms with van der Waals surface area (Å²) in [4.78, 5) is 13.8. The van der Waals surface area contributed by atoms with Gasteiger partial charge in [0.1, 0.15) is 12.0 Å². The Kier molecular flexibility index (Phi) is 7.10. The van der Waals surface area contributed by atoms with Crippen LogP contribution in [0.4, 0.5) is 26.3 Å². The molecule has 2 aromatic carbocycles. The van der Waals surface area contributed by atoms with Gasteiger partial charge in [0.2, 0.25) is 5.91 Å². The van der Waals surface area contributed by atoms with E-state index in [9.17, 15) is 44.7 Å². The van der Waals surface area contributed by atoms with Crippen molar-refractivity contribution in [3.05, 3.63) is 65.0 Å².